The van der Waals surface area contributed by atoms with Gasteiger partial charge in [0.2, 0.25) is 0 Å². The highest BCUT2D eigenvalue weighted by molar-refractivity contribution is 5.86. The maximum Gasteiger partial charge on any atom is 0.390 e. The molecular formula is C13H15F3O. The number of alkyl halides is 3. The van der Waals surface area contributed by atoms with Crippen LogP contribution in [0.4, 0.5) is 13.2 Å². The Kier molecular flexibility index (Phi) is 3.96. The van der Waals surface area contributed by atoms with Crippen molar-refractivity contribution >= 4 is 5.78 Å². The average molecular weight is 244 g/mol. The molecule has 17 heavy (non-hydrogen) atoms. The van der Waals surface area contributed by atoms with Crippen molar-refractivity contribution in [3.63, 3.8) is 0 Å². The third kappa shape index (κ3) is 4.59. The lowest BCUT2D eigenvalue weighted by Gasteiger charge is -2.24. The minimum Gasteiger partial charge on any atom is -0.299 e. The quantitative estimate of drug-likeness (QED) is 0.787. The van der Waals surface area contributed by atoms with Crippen LogP contribution in [-0.4, -0.2) is 12.0 Å². The van der Waals surface area contributed by atoms with E-state index in [9.17, 15) is 18.0 Å². The number of carbonyl (C=O) groups is 1. The summed E-state index contributed by atoms with van der Waals surface area (Å²) in [7, 11) is 0. The fourth-order valence-corrected chi connectivity index (χ4v) is 1.62. The van der Waals surface area contributed by atoms with Crippen LogP contribution in [-0.2, 0) is 11.2 Å². The molecule has 1 rings (SSSR count). The van der Waals surface area contributed by atoms with Crippen LogP contribution in [0, 0.1) is 5.41 Å². The topological polar surface area (TPSA) is 17.1 Å². The van der Waals surface area contributed by atoms with E-state index in [1.807, 2.05) is 0 Å². The Morgan fingerprint density at radius 2 is 1.65 bits per heavy atom. The van der Waals surface area contributed by atoms with Gasteiger partial charge in [-0.2, -0.15) is 13.2 Å². The lowest BCUT2D eigenvalue weighted by molar-refractivity contribution is -0.163. The summed E-state index contributed by atoms with van der Waals surface area (Å²) in [6, 6.07) is 8.80. The molecule has 1 aromatic rings. The first kappa shape index (κ1) is 13.7. The molecule has 94 valence electrons. The van der Waals surface area contributed by atoms with Gasteiger partial charge in [0.15, 0.2) is 0 Å². The summed E-state index contributed by atoms with van der Waals surface area (Å²) in [5.74, 6) is -0.388. The first-order valence-corrected chi connectivity index (χ1v) is 5.35. The van der Waals surface area contributed by atoms with E-state index in [0.29, 0.717) is 0 Å². The van der Waals surface area contributed by atoms with E-state index < -0.39 is 18.0 Å². The normalized spacial score (nSPS) is 12.5. The molecule has 0 radical (unpaired) electrons. The summed E-state index contributed by atoms with van der Waals surface area (Å²) in [6.45, 7) is 2.68. The molecule has 0 aliphatic rings. The number of hydrogen-bond donors (Lipinski definition) is 0. The Bertz CT molecular complexity index is 379. The SMILES string of the molecule is CC(C)(CC(F)(F)F)C(=O)Cc1ccccc1. The fraction of sp³-hybridized carbons (Fsp3) is 0.462. The molecule has 0 N–H and O–H groups in total. The van der Waals surface area contributed by atoms with Crippen LogP contribution in [0.3, 0.4) is 0 Å². The summed E-state index contributed by atoms with van der Waals surface area (Å²) >= 11 is 0. The Balaban J connectivity index is 2.70. The highest BCUT2D eigenvalue weighted by atomic mass is 19.4. The second-order valence-electron chi connectivity index (χ2n) is 4.76. The van der Waals surface area contributed by atoms with Gasteiger partial charge in [-0.3, -0.25) is 4.79 Å². The third-order valence-corrected chi connectivity index (χ3v) is 2.60. The third-order valence-electron chi connectivity index (χ3n) is 2.60. The summed E-state index contributed by atoms with van der Waals surface area (Å²) < 4.78 is 36.9. The van der Waals surface area contributed by atoms with Crippen molar-refractivity contribution in [2.45, 2.75) is 32.9 Å². The molecular weight excluding hydrogens is 229 g/mol. The molecule has 0 saturated heterocycles. The van der Waals surface area contributed by atoms with E-state index in [2.05, 4.69) is 0 Å². The highest BCUT2D eigenvalue weighted by Gasteiger charge is 2.40. The molecule has 0 spiro atoms. The van der Waals surface area contributed by atoms with E-state index in [0.717, 1.165) is 5.56 Å². The van der Waals surface area contributed by atoms with Crippen molar-refractivity contribution in [3.05, 3.63) is 35.9 Å². The van der Waals surface area contributed by atoms with Gasteiger partial charge in [0.1, 0.15) is 5.78 Å². The van der Waals surface area contributed by atoms with Gasteiger partial charge in [0, 0.05) is 11.8 Å². The zero-order valence-electron chi connectivity index (χ0n) is 9.84. The zero-order valence-corrected chi connectivity index (χ0v) is 9.84. The Labute approximate surface area is 98.6 Å². The van der Waals surface area contributed by atoms with E-state index in [1.54, 1.807) is 30.3 Å². The lowest BCUT2D eigenvalue weighted by atomic mass is 9.81. The van der Waals surface area contributed by atoms with Gasteiger partial charge >= 0.3 is 6.18 Å². The van der Waals surface area contributed by atoms with E-state index in [4.69, 9.17) is 0 Å². The summed E-state index contributed by atoms with van der Waals surface area (Å²) in [4.78, 5) is 11.8. The lowest BCUT2D eigenvalue weighted by Crippen LogP contribution is -2.31. The molecule has 0 aliphatic carbocycles. The molecule has 0 saturated carbocycles. The van der Waals surface area contributed by atoms with Gasteiger partial charge in [0.05, 0.1) is 6.42 Å². The van der Waals surface area contributed by atoms with Crippen LogP contribution < -0.4 is 0 Å². The van der Waals surface area contributed by atoms with Gasteiger partial charge in [-0.05, 0) is 5.56 Å². The second kappa shape index (κ2) is 4.90. The average Bonchev–Trinajstić information content (AvgIpc) is 2.15. The minimum atomic E-state index is -4.31. The van der Waals surface area contributed by atoms with E-state index >= 15 is 0 Å². The maximum absolute atomic E-state index is 12.3. The van der Waals surface area contributed by atoms with Crippen molar-refractivity contribution < 1.29 is 18.0 Å². The largest absolute Gasteiger partial charge is 0.390 e. The predicted octanol–water partition coefficient (Wildman–Crippen LogP) is 3.78. The van der Waals surface area contributed by atoms with Crippen molar-refractivity contribution in [1.29, 1.82) is 0 Å². The Morgan fingerprint density at radius 3 is 2.12 bits per heavy atom. The molecule has 0 aromatic heterocycles. The van der Waals surface area contributed by atoms with E-state index in [1.165, 1.54) is 13.8 Å². The highest BCUT2D eigenvalue weighted by Crippen LogP contribution is 2.34. The molecule has 0 amide bonds. The molecule has 0 fully saturated rings. The number of rotatable bonds is 4. The Hall–Kier alpha value is -1.32. The zero-order chi connectivity index (χ0) is 13.1. The van der Waals surface area contributed by atoms with Crippen LogP contribution in [0.25, 0.3) is 0 Å². The fourth-order valence-electron chi connectivity index (χ4n) is 1.62. The molecule has 0 heterocycles. The van der Waals surface area contributed by atoms with Crippen LogP contribution >= 0.6 is 0 Å². The molecule has 0 unspecified atom stereocenters. The first-order chi connectivity index (χ1) is 7.71. The molecule has 0 aliphatic heterocycles. The van der Waals surface area contributed by atoms with Crippen molar-refractivity contribution in [1.82, 2.24) is 0 Å². The molecule has 1 nitrogen and oxygen atoms in total. The first-order valence-electron chi connectivity index (χ1n) is 5.35. The van der Waals surface area contributed by atoms with E-state index in [-0.39, 0.29) is 12.2 Å². The number of carbonyl (C=O) groups excluding carboxylic acids is 1. The number of halogens is 3. The van der Waals surface area contributed by atoms with Gasteiger partial charge < -0.3 is 0 Å². The number of benzene rings is 1. The summed E-state index contributed by atoms with van der Waals surface area (Å²) in [6.07, 6.45) is -5.34. The van der Waals surface area contributed by atoms with Crippen molar-refractivity contribution in [2.75, 3.05) is 0 Å². The predicted molar refractivity (Wildman–Crippen MR) is 59.6 cm³/mol. The molecule has 1 aromatic carbocycles. The molecule has 0 bridgehead atoms. The summed E-state index contributed by atoms with van der Waals surface area (Å²) in [5, 5.41) is 0. The minimum absolute atomic E-state index is 0.0456. The van der Waals surface area contributed by atoms with Gasteiger partial charge in [-0.1, -0.05) is 44.2 Å². The molecule has 4 heteroatoms. The van der Waals surface area contributed by atoms with Gasteiger partial charge in [0.25, 0.3) is 0 Å². The number of hydrogen-bond acceptors (Lipinski definition) is 1. The van der Waals surface area contributed by atoms with Crippen molar-refractivity contribution in [3.8, 4) is 0 Å². The van der Waals surface area contributed by atoms with Gasteiger partial charge in [-0.15, -0.1) is 0 Å². The van der Waals surface area contributed by atoms with Crippen LogP contribution in [0.5, 0.6) is 0 Å². The smallest absolute Gasteiger partial charge is 0.299 e. The summed E-state index contributed by atoms with van der Waals surface area (Å²) in [5.41, 5.74) is -0.624. The van der Waals surface area contributed by atoms with Crippen molar-refractivity contribution in [2.24, 2.45) is 5.41 Å². The van der Waals surface area contributed by atoms with Gasteiger partial charge in [-0.25, -0.2) is 0 Å². The standard InChI is InChI=1S/C13H15F3O/c1-12(2,9-13(14,15)16)11(17)8-10-6-4-3-5-7-10/h3-7H,8-9H2,1-2H3. The van der Waals surface area contributed by atoms with Crippen LogP contribution in [0.1, 0.15) is 25.8 Å². The monoisotopic (exact) mass is 244 g/mol. The number of Topliss-reactive ketones (excluding diaryl/α,β-unsaturated/α-hetero) is 1. The second-order valence-corrected chi connectivity index (χ2v) is 4.76. The Morgan fingerprint density at radius 1 is 1.12 bits per heavy atom. The number of ketones is 1. The molecule has 0 atom stereocenters. The maximum atomic E-state index is 12.3. The van der Waals surface area contributed by atoms with Crippen LogP contribution in [0.15, 0.2) is 30.3 Å². The van der Waals surface area contributed by atoms with Crippen LogP contribution in [0.2, 0.25) is 0 Å².